The average molecular weight is 369 g/mol. The van der Waals surface area contributed by atoms with E-state index in [0.29, 0.717) is 0 Å². The zero-order chi connectivity index (χ0) is 18.8. The summed E-state index contributed by atoms with van der Waals surface area (Å²) in [7, 11) is 0. The van der Waals surface area contributed by atoms with Crippen LogP contribution in [-0.2, 0) is 9.47 Å². The Morgan fingerprint density at radius 2 is 2.00 bits per heavy atom. The molecule has 0 aromatic carbocycles. The lowest BCUT2D eigenvalue weighted by Gasteiger charge is -2.22. The van der Waals surface area contributed by atoms with Crippen molar-refractivity contribution in [2.45, 2.75) is 62.7 Å². The molecule has 0 radical (unpaired) electrons. The van der Waals surface area contributed by atoms with Gasteiger partial charge in [-0.1, -0.05) is 6.42 Å². The van der Waals surface area contributed by atoms with Crippen LogP contribution in [0.15, 0.2) is 11.0 Å². The predicted molar refractivity (Wildman–Crippen MR) is 88.2 cm³/mol. The predicted octanol–water partition coefficient (Wildman–Crippen LogP) is -1.07. The minimum Gasteiger partial charge on any atom is -0.459 e. The van der Waals surface area contributed by atoms with E-state index in [1.165, 1.54) is 0 Å². The van der Waals surface area contributed by atoms with Gasteiger partial charge >= 0.3 is 11.7 Å². The molecule has 4 atom stereocenters. The summed E-state index contributed by atoms with van der Waals surface area (Å²) in [6.45, 7) is -0.539. The number of aromatic nitrogens is 2. The number of rotatable bonds is 4. The summed E-state index contributed by atoms with van der Waals surface area (Å²) in [4.78, 5) is 28.1. The van der Waals surface area contributed by atoms with Gasteiger partial charge in [0.1, 0.15) is 35.8 Å². The van der Waals surface area contributed by atoms with E-state index in [1.54, 1.807) is 0 Å². The van der Waals surface area contributed by atoms with Crippen LogP contribution >= 0.6 is 0 Å². The maximum absolute atomic E-state index is 12.4. The Labute approximate surface area is 149 Å². The molecule has 0 unspecified atom stereocenters. The summed E-state index contributed by atoms with van der Waals surface area (Å²) in [6, 6.07) is 0. The number of hydrogen-bond donors (Lipinski definition) is 4. The van der Waals surface area contributed by atoms with Gasteiger partial charge in [-0.2, -0.15) is 4.98 Å². The van der Waals surface area contributed by atoms with Crippen LogP contribution in [0.5, 0.6) is 0 Å². The van der Waals surface area contributed by atoms with Crippen LogP contribution in [0.4, 0.5) is 5.82 Å². The van der Waals surface area contributed by atoms with Crippen LogP contribution in [0.1, 0.15) is 48.7 Å². The molecular formula is C16H23N3O7. The molecular weight excluding hydrogens is 346 g/mol. The van der Waals surface area contributed by atoms with Gasteiger partial charge in [0.05, 0.1) is 6.61 Å². The van der Waals surface area contributed by atoms with E-state index in [1.807, 2.05) is 0 Å². The first-order chi connectivity index (χ1) is 12.4. The summed E-state index contributed by atoms with van der Waals surface area (Å²) in [5, 5.41) is 29.1. The van der Waals surface area contributed by atoms with E-state index < -0.39 is 42.8 Å². The minimum atomic E-state index is -1.47. The summed E-state index contributed by atoms with van der Waals surface area (Å²) < 4.78 is 11.6. The van der Waals surface area contributed by atoms with Crippen LogP contribution in [-0.4, -0.2) is 61.9 Å². The largest absolute Gasteiger partial charge is 0.459 e. The second kappa shape index (κ2) is 7.70. The maximum Gasteiger partial charge on any atom is 0.351 e. The van der Waals surface area contributed by atoms with Crippen molar-refractivity contribution in [3.63, 3.8) is 0 Å². The van der Waals surface area contributed by atoms with E-state index in [0.717, 1.165) is 42.9 Å². The number of nitrogens with two attached hydrogens (primary N) is 1. The number of nitrogens with zero attached hydrogens (tertiary/aromatic N) is 2. The number of aliphatic hydroxyl groups is 3. The molecule has 2 aliphatic rings. The van der Waals surface area contributed by atoms with Crippen molar-refractivity contribution in [3.05, 3.63) is 22.2 Å². The van der Waals surface area contributed by atoms with E-state index >= 15 is 0 Å². The molecule has 1 aliphatic carbocycles. The molecule has 10 heteroatoms. The first-order valence-corrected chi connectivity index (χ1v) is 8.64. The maximum atomic E-state index is 12.4. The highest BCUT2D eigenvalue weighted by Crippen LogP contribution is 2.29. The number of anilines is 1. The Morgan fingerprint density at radius 3 is 2.62 bits per heavy atom. The fourth-order valence-corrected chi connectivity index (χ4v) is 3.33. The molecule has 2 fully saturated rings. The molecule has 144 valence electrons. The van der Waals surface area contributed by atoms with Gasteiger partial charge in [-0.15, -0.1) is 0 Å². The van der Waals surface area contributed by atoms with Crippen molar-refractivity contribution < 1.29 is 29.6 Å². The summed E-state index contributed by atoms with van der Waals surface area (Å²) in [5.41, 5.74) is 4.72. The molecule has 2 heterocycles. The number of nitrogen functional groups attached to an aromatic ring is 1. The molecule has 1 aromatic rings. The zero-order valence-corrected chi connectivity index (χ0v) is 14.2. The highest BCUT2D eigenvalue weighted by atomic mass is 16.6. The van der Waals surface area contributed by atoms with Gasteiger partial charge < -0.3 is 30.5 Å². The van der Waals surface area contributed by atoms with Gasteiger partial charge in [0.25, 0.3) is 0 Å². The first-order valence-electron chi connectivity index (χ1n) is 8.64. The fourth-order valence-electron chi connectivity index (χ4n) is 3.33. The summed E-state index contributed by atoms with van der Waals surface area (Å²) in [6.07, 6.45) is 0.294. The Morgan fingerprint density at radius 1 is 1.31 bits per heavy atom. The van der Waals surface area contributed by atoms with Crippen molar-refractivity contribution >= 4 is 11.8 Å². The van der Waals surface area contributed by atoms with Gasteiger partial charge in [0.2, 0.25) is 0 Å². The third kappa shape index (κ3) is 3.58. The minimum absolute atomic E-state index is 0.118. The van der Waals surface area contributed by atoms with Gasteiger partial charge in [-0.25, -0.2) is 9.59 Å². The number of hydrogen-bond acceptors (Lipinski definition) is 9. The smallest absolute Gasteiger partial charge is 0.351 e. The molecule has 5 N–H and O–H groups in total. The van der Waals surface area contributed by atoms with E-state index in [2.05, 4.69) is 4.98 Å². The average Bonchev–Trinajstić information content (AvgIpc) is 2.91. The molecule has 0 spiro atoms. The SMILES string of the molecule is Nc1nc(=O)n([C@@H]2O[C@H](CO)[C@@H](O)[C@@H]2O)cc1C(=O)OC1CCCCC1. The van der Waals surface area contributed by atoms with Gasteiger partial charge in [-0.05, 0) is 25.7 Å². The van der Waals surface area contributed by atoms with Crippen molar-refractivity contribution in [1.82, 2.24) is 9.55 Å². The normalized spacial score (nSPS) is 29.7. The number of carbonyl (C=O) groups is 1. The second-order valence-corrected chi connectivity index (χ2v) is 6.62. The monoisotopic (exact) mass is 369 g/mol. The third-order valence-electron chi connectivity index (χ3n) is 4.82. The van der Waals surface area contributed by atoms with Crippen molar-refractivity contribution in [2.75, 3.05) is 12.3 Å². The Balaban J connectivity index is 1.85. The summed E-state index contributed by atoms with van der Waals surface area (Å²) in [5.74, 6) is -0.985. The van der Waals surface area contributed by atoms with E-state index in [4.69, 9.17) is 20.3 Å². The fraction of sp³-hybridized carbons (Fsp3) is 0.688. The van der Waals surface area contributed by atoms with Crippen LogP contribution < -0.4 is 11.4 Å². The van der Waals surface area contributed by atoms with E-state index in [9.17, 15) is 19.8 Å². The number of ether oxygens (including phenoxy) is 2. The zero-order valence-electron chi connectivity index (χ0n) is 14.2. The number of esters is 1. The molecule has 0 bridgehead atoms. The van der Waals surface area contributed by atoms with Crippen molar-refractivity contribution in [3.8, 4) is 0 Å². The Kier molecular flexibility index (Phi) is 5.56. The highest BCUT2D eigenvalue weighted by molar-refractivity contribution is 5.93. The Hall–Kier alpha value is -2.01. The molecule has 1 saturated heterocycles. The molecule has 3 rings (SSSR count). The first kappa shape index (κ1) is 18.8. The topological polar surface area (TPSA) is 157 Å². The Bertz CT molecular complexity index is 716. The van der Waals surface area contributed by atoms with Crippen LogP contribution in [0.3, 0.4) is 0 Å². The quantitative estimate of drug-likeness (QED) is 0.485. The molecule has 1 aromatic heterocycles. The van der Waals surface area contributed by atoms with Crippen molar-refractivity contribution in [1.29, 1.82) is 0 Å². The molecule has 26 heavy (non-hydrogen) atoms. The van der Waals surface area contributed by atoms with E-state index in [-0.39, 0.29) is 17.5 Å². The lowest BCUT2D eigenvalue weighted by Crippen LogP contribution is -2.37. The standard InChI is InChI=1S/C16H23N3O7/c17-13-9(15(23)25-8-4-2-1-3-5-8)6-19(16(24)18-13)14-12(22)11(21)10(7-20)26-14/h6,8,10-12,14,20-22H,1-5,7H2,(H2,17,18,24)/t10-,11-,12+,14-/m1/s1. The summed E-state index contributed by atoms with van der Waals surface area (Å²) >= 11 is 0. The molecule has 0 amide bonds. The van der Waals surface area contributed by atoms with Crippen LogP contribution in [0.2, 0.25) is 0 Å². The third-order valence-corrected chi connectivity index (χ3v) is 4.82. The van der Waals surface area contributed by atoms with Crippen LogP contribution in [0, 0.1) is 0 Å². The highest BCUT2D eigenvalue weighted by Gasteiger charge is 2.44. The number of carbonyl (C=O) groups excluding carboxylic acids is 1. The lowest BCUT2D eigenvalue weighted by atomic mass is 9.98. The number of aliphatic hydroxyl groups excluding tert-OH is 3. The van der Waals surface area contributed by atoms with Crippen molar-refractivity contribution in [2.24, 2.45) is 0 Å². The van der Waals surface area contributed by atoms with Crippen LogP contribution in [0.25, 0.3) is 0 Å². The second-order valence-electron chi connectivity index (χ2n) is 6.62. The van der Waals surface area contributed by atoms with Gasteiger partial charge in [-0.3, -0.25) is 4.57 Å². The molecule has 10 nitrogen and oxygen atoms in total. The van der Waals surface area contributed by atoms with Gasteiger partial charge in [0, 0.05) is 6.20 Å². The lowest BCUT2D eigenvalue weighted by molar-refractivity contribution is -0.0551. The van der Waals surface area contributed by atoms with Gasteiger partial charge in [0.15, 0.2) is 6.23 Å². The molecule has 1 aliphatic heterocycles. The molecule has 1 saturated carbocycles.